The summed E-state index contributed by atoms with van der Waals surface area (Å²) in [6, 6.07) is 13.4. The summed E-state index contributed by atoms with van der Waals surface area (Å²) >= 11 is 8.43. The van der Waals surface area contributed by atoms with Gasteiger partial charge < -0.3 is 14.4 Å². The molecule has 0 spiro atoms. The van der Waals surface area contributed by atoms with Gasteiger partial charge in [-0.3, -0.25) is 9.69 Å². The Bertz CT molecular complexity index is 919. The third-order valence-corrected chi connectivity index (χ3v) is 6.90. The molecule has 160 valence electrons. The van der Waals surface area contributed by atoms with Gasteiger partial charge in [-0.2, -0.15) is 0 Å². The van der Waals surface area contributed by atoms with Gasteiger partial charge in [-0.05, 0) is 42.5 Å². The minimum atomic E-state index is -0.0542. The Morgan fingerprint density at radius 3 is 2.50 bits per heavy atom. The van der Waals surface area contributed by atoms with Crippen LogP contribution in [0.5, 0.6) is 11.5 Å². The van der Waals surface area contributed by atoms with E-state index in [-0.39, 0.29) is 15.2 Å². The van der Waals surface area contributed by atoms with Crippen molar-refractivity contribution in [3.05, 3.63) is 53.1 Å². The number of carbonyl (C=O) groups is 1. The molecular weight excluding hydrogens is 515 g/mol. The summed E-state index contributed by atoms with van der Waals surface area (Å²) in [5.41, 5.74) is 1.78. The highest BCUT2D eigenvalue weighted by Gasteiger charge is 2.28. The summed E-state index contributed by atoms with van der Waals surface area (Å²) in [6.45, 7) is 8.36. The predicted octanol–water partition coefficient (Wildman–Crippen LogP) is 4.90. The second-order valence-corrected chi connectivity index (χ2v) is 10.5. The Balaban J connectivity index is 1.39. The van der Waals surface area contributed by atoms with Crippen LogP contribution in [-0.2, 0) is 0 Å². The lowest BCUT2D eigenvalue weighted by Crippen LogP contribution is -2.52. The van der Waals surface area contributed by atoms with Gasteiger partial charge in [0.25, 0.3) is 0 Å². The molecule has 2 aliphatic rings. The first-order valence-corrected chi connectivity index (χ1v) is 11.7. The van der Waals surface area contributed by atoms with E-state index in [4.69, 9.17) is 21.1 Å². The fourth-order valence-corrected chi connectivity index (χ4v) is 4.70. The maximum Gasteiger partial charge on any atom is 0.176 e. The number of Topliss-reactive ketones (excluding diaryl/α,β-unsaturated/α-hetero) is 1. The Kier molecular flexibility index (Phi) is 6.46. The summed E-state index contributed by atoms with van der Waals surface area (Å²) in [5, 5.41) is 0.743. The molecule has 0 amide bonds. The number of fused-ring (bicyclic) bond motifs is 1. The highest BCUT2D eigenvalue weighted by Crippen LogP contribution is 2.34. The van der Waals surface area contributed by atoms with Gasteiger partial charge in [-0.1, -0.05) is 48.0 Å². The molecule has 4 rings (SSSR count). The van der Waals surface area contributed by atoms with Crippen molar-refractivity contribution in [3.8, 4) is 11.5 Å². The lowest BCUT2D eigenvalue weighted by molar-refractivity contribution is 0.0920. The van der Waals surface area contributed by atoms with Gasteiger partial charge in [0.2, 0.25) is 0 Å². The van der Waals surface area contributed by atoms with Crippen LogP contribution in [0.4, 0.5) is 5.69 Å². The predicted molar refractivity (Wildman–Crippen MR) is 129 cm³/mol. The molecule has 0 aliphatic carbocycles. The van der Waals surface area contributed by atoms with Crippen LogP contribution in [0.2, 0.25) is 5.02 Å². The number of carbonyl (C=O) groups excluding carboxylic acids is 1. The number of ketones is 1. The zero-order valence-corrected chi connectivity index (χ0v) is 20.1. The second-order valence-electron chi connectivity index (χ2n) is 8.65. The highest BCUT2D eigenvalue weighted by molar-refractivity contribution is 14.1. The number of rotatable bonds is 4. The molecule has 0 saturated carbocycles. The van der Waals surface area contributed by atoms with E-state index in [1.807, 2.05) is 42.5 Å². The molecule has 1 atom stereocenters. The van der Waals surface area contributed by atoms with E-state index >= 15 is 0 Å². The molecule has 1 saturated heterocycles. The summed E-state index contributed by atoms with van der Waals surface area (Å²) in [6.07, 6.45) is 0. The normalized spacial score (nSPS) is 21.2. The highest BCUT2D eigenvalue weighted by atomic mass is 127. The molecule has 0 bridgehead atoms. The van der Waals surface area contributed by atoms with Crippen LogP contribution >= 0.6 is 34.2 Å². The standard InChI is InChI=1S/C23H26ClIN2O3/c1-23(2)14-29-20-8-3-16(11-21(20)30-15-23)19(28)12-27-10-9-26(13-22(27)25)18-6-4-17(24)5-7-18/h3-8,11,22H,9-10,12-15H2,1-2H3. The molecule has 0 N–H and O–H groups in total. The van der Waals surface area contributed by atoms with E-state index in [0.29, 0.717) is 36.8 Å². The maximum atomic E-state index is 13.0. The number of piperazine rings is 1. The van der Waals surface area contributed by atoms with Crippen LogP contribution in [0.25, 0.3) is 0 Å². The number of hydrogen-bond donors (Lipinski definition) is 0. The topological polar surface area (TPSA) is 42.0 Å². The summed E-state index contributed by atoms with van der Waals surface area (Å²) in [4.78, 5) is 17.6. The van der Waals surface area contributed by atoms with E-state index in [9.17, 15) is 4.79 Å². The molecule has 2 aliphatic heterocycles. The second kappa shape index (κ2) is 8.93. The molecule has 2 aromatic carbocycles. The third kappa shape index (κ3) is 5.03. The Hall–Kier alpha value is -1.51. The van der Waals surface area contributed by atoms with Crippen molar-refractivity contribution in [2.45, 2.75) is 17.9 Å². The fraction of sp³-hybridized carbons (Fsp3) is 0.435. The van der Waals surface area contributed by atoms with Crippen molar-refractivity contribution in [2.75, 3.05) is 44.3 Å². The average Bonchev–Trinajstić information content (AvgIpc) is 2.88. The van der Waals surface area contributed by atoms with Crippen molar-refractivity contribution >= 4 is 45.7 Å². The lowest BCUT2D eigenvalue weighted by Gasteiger charge is -2.39. The van der Waals surface area contributed by atoms with Gasteiger partial charge in [0.15, 0.2) is 17.3 Å². The molecule has 30 heavy (non-hydrogen) atoms. The monoisotopic (exact) mass is 540 g/mol. The van der Waals surface area contributed by atoms with Crippen molar-refractivity contribution in [1.82, 2.24) is 4.90 Å². The van der Waals surface area contributed by atoms with E-state index in [0.717, 1.165) is 30.3 Å². The van der Waals surface area contributed by atoms with Gasteiger partial charge in [0.05, 0.1) is 23.8 Å². The number of hydrogen-bond acceptors (Lipinski definition) is 5. The van der Waals surface area contributed by atoms with Crippen LogP contribution in [0.15, 0.2) is 42.5 Å². The number of nitrogens with zero attached hydrogens (tertiary/aromatic N) is 2. The lowest BCUT2D eigenvalue weighted by atomic mass is 9.97. The fourth-order valence-electron chi connectivity index (χ4n) is 3.62. The molecule has 5 nitrogen and oxygen atoms in total. The Morgan fingerprint density at radius 2 is 1.80 bits per heavy atom. The van der Waals surface area contributed by atoms with E-state index in [1.165, 1.54) is 0 Å². The molecule has 1 unspecified atom stereocenters. The summed E-state index contributed by atoms with van der Waals surface area (Å²) in [5.74, 6) is 1.47. The molecule has 0 radical (unpaired) electrons. The zero-order chi connectivity index (χ0) is 21.3. The van der Waals surface area contributed by atoms with Crippen LogP contribution in [0.1, 0.15) is 24.2 Å². The Morgan fingerprint density at radius 1 is 1.10 bits per heavy atom. The first-order chi connectivity index (χ1) is 14.3. The molecule has 2 aromatic rings. The number of benzene rings is 2. The first-order valence-electron chi connectivity index (χ1n) is 10.1. The van der Waals surface area contributed by atoms with Crippen LogP contribution < -0.4 is 14.4 Å². The van der Waals surface area contributed by atoms with Crippen LogP contribution in [0, 0.1) is 5.41 Å². The van der Waals surface area contributed by atoms with Crippen molar-refractivity contribution < 1.29 is 14.3 Å². The van der Waals surface area contributed by atoms with Gasteiger partial charge in [0, 0.05) is 41.3 Å². The third-order valence-electron chi connectivity index (χ3n) is 5.47. The van der Waals surface area contributed by atoms with Gasteiger partial charge in [-0.15, -0.1) is 0 Å². The van der Waals surface area contributed by atoms with Crippen LogP contribution in [0.3, 0.4) is 0 Å². The van der Waals surface area contributed by atoms with Crippen LogP contribution in [-0.4, -0.2) is 54.1 Å². The van der Waals surface area contributed by atoms with Crippen molar-refractivity contribution in [3.63, 3.8) is 0 Å². The number of halogens is 2. The minimum absolute atomic E-state index is 0.0542. The number of ether oxygens (including phenoxy) is 2. The maximum absolute atomic E-state index is 13.0. The van der Waals surface area contributed by atoms with E-state index < -0.39 is 0 Å². The SMILES string of the molecule is CC1(C)COc2ccc(C(=O)CN3CCN(c4ccc(Cl)cc4)CC3I)cc2OC1. The minimum Gasteiger partial charge on any atom is -0.489 e. The Labute approximate surface area is 196 Å². The molecule has 7 heteroatoms. The number of alkyl halides is 1. The molecule has 1 fully saturated rings. The van der Waals surface area contributed by atoms with Gasteiger partial charge >= 0.3 is 0 Å². The van der Waals surface area contributed by atoms with Gasteiger partial charge in [-0.25, -0.2) is 0 Å². The molecule has 0 aromatic heterocycles. The zero-order valence-electron chi connectivity index (χ0n) is 17.2. The van der Waals surface area contributed by atoms with Crippen molar-refractivity contribution in [2.24, 2.45) is 5.41 Å². The molecule has 2 heterocycles. The quantitative estimate of drug-likeness (QED) is 0.239. The molecular formula is C23H26ClIN2O3. The van der Waals surface area contributed by atoms with Crippen molar-refractivity contribution in [1.29, 1.82) is 0 Å². The van der Waals surface area contributed by atoms with E-state index in [1.54, 1.807) is 0 Å². The number of anilines is 1. The van der Waals surface area contributed by atoms with E-state index in [2.05, 4.69) is 46.2 Å². The summed E-state index contributed by atoms with van der Waals surface area (Å²) < 4.78 is 12.0. The average molecular weight is 541 g/mol. The van der Waals surface area contributed by atoms with Gasteiger partial charge in [0.1, 0.15) is 0 Å². The smallest absolute Gasteiger partial charge is 0.176 e. The largest absolute Gasteiger partial charge is 0.489 e. The summed E-state index contributed by atoms with van der Waals surface area (Å²) in [7, 11) is 0. The first kappa shape index (κ1) is 21.7.